The summed E-state index contributed by atoms with van der Waals surface area (Å²) in [4.78, 5) is 18.6. The van der Waals surface area contributed by atoms with Gasteiger partial charge in [0.1, 0.15) is 0 Å². The van der Waals surface area contributed by atoms with Gasteiger partial charge in [0.15, 0.2) is 11.4 Å². The number of carbonyl (C=O) groups excluding carboxylic acids is 1. The summed E-state index contributed by atoms with van der Waals surface area (Å²) in [6, 6.07) is 3.90. The zero-order valence-corrected chi connectivity index (χ0v) is 15.9. The van der Waals surface area contributed by atoms with Gasteiger partial charge in [0.25, 0.3) is 0 Å². The first-order chi connectivity index (χ1) is 13.0. The number of aryl methyl sites for hydroxylation is 2. The van der Waals surface area contributed by atoms with Gasteiger partial charge in [-0.1, -0.05) is 5.16 Å². The van der Waals surface area contributed by atoms with Crippen LogP contribution in [0, 0.1) is 13.8 Å². The molecule has 1 fully saturated rings. The highest BCUT2D eigenvalue weighted by Crippen LogP contribution is 2.34. The molecule has 1 atom stereocenters. The highest BCUT2D eigenvalue weighted by atomic mass is 16.5. The lowest BCUT2D eigenvalue weighted by Gasteiger charge is -2.33. The number of likely N-dealkylation sites (tertiary alicyclic amines) is 1. The molecule has 8 heteroatoms. The molecular formula is C19H24N6O2. The van der Waals surface area contributed by atoms with Crippen LogP contribution in [0.1, 0.15) is 35.8 Å². The van der Waals surface area contributed by atoms with Gasteiger partial charge in [-0.15, -0.1) is 0 Å². The molecule has 3 aromatic rings. The molecule has 1 saturated heterocycles. The summed E-state index contributed by atoms with van der Waals surface area (Å²) in [6.07, 6.45) is 3.91. The van der Waals surface area contributed by atoms with Gasteiger partial charge in [-0.2, -0.15) is 5.10 Å². The number of nitrogens with zero attached hydrogens (tertiary/aromatic N) is 5. The monoisotopic (exact) mass is 368 g/mol. The molecular weight excluding hydrogens is 344 g/mol. The molecule has 0 saturated carbocycles. The number of hydrogen-bond acceptors (Lipinski definition) is 6. The lowest BCUT2D eigenvalue weighted by atomic mass is 9.91. The highest BCUT2D eigenvalue weighted by Gasteiger charge is 2.28. The zero-order valence-electron chi connectivity index (χ0n) is 15.9. The van der Waals surface area contributed by atoms with Crippen molar-refractivity contribution in [3.63, 3.8) is 0 Å². The fourth-order valence-electron chi connectivity index (χ4n) is 3.84. The molecule has 4 rings (SSSR count). The first-order valence-electron chi connectivity index (χ1n) is 9.27. The molecule has 0 aromatic carbocycles. The third-order valence-corrected chi connectivity index (χ3v) is 5.07. The van der Waals surface area contributed by atoms with Crippen LogP contribution in [0.4, 0.5) is 0 Å². The van der Waals surface area contributed by atoms with Crippen LogP contribution < -0.4 is 5.32 Å². The van der Waals surface area contributed by atoms with Crippen molar-refractivity contribution in [2.75, 3.05) is 26.7 Å². The standard InChI is InChI=1S/C19H24N6O2/c1-12-8-17-21-9-15(16-7-13(2)23-27-16)19(25(17)22-12)14-5-4-6-24(10-14)11-18(26)20-3/h7-9,14H,4-6,10-11H2,1-3H3,(H,20,26)/t14-/m0/s1. The van der Waals surface area contributed by atoms with Gasteiger partial charge in [0.2, 0.25) is 5.91 Å². The molecule has 27 heavy (non-hydrogen) atoms. The Morgan fingerprint density at radius 3 is 2.93 bits per heavy atom. The number of hydrogen-bond donors (Lipinski definition) is 1. The molecule has 142 valence electrons. The van der Waals surface area contributed by atoms with Crippen LogP contribution in [-0.4, -0.2) is 57.2 Å². The second-order valence-electron chi connectivity index (χ2n) is 7.19. The van der Waals surface area contributed by atoms with Crippen molar-refractivity contribution in [1.82, 2.24) is 30.0 Å². The van der Waals surface area contributed by atoms with Gasteiger partial charge in [-0.25, -0.2) is 9.50 Å². The Kier molecular flexibility index (Phi) is 4.65. The number of likely N-dealkylation sites (N-methyl/N-ethyl adjacent to an activating group) is 1. The first-order valence-corrected chi connectivity index (χ1v) is 9.27. The Hall–Kier alpha value is -2.74. The van der Waals surface area contributed by atoms with Crippen LogP contribution in [0.25, 0.3) is 17.0 Å². The maximum atomic E-state index is 11.8. The molecule has 0 spiro atoms. The molecule has 0 radical (unpaired) electrons. The Labute approximate surface area is 157 Å². The van der Waals surface area contributed by atoms with Gasteiger partial charge in [-0.05, 0) is 33.2 Å². The minimum absolute atomic E-state index is 0.0385. The smallest absolute Gasteiger partial charge is 0.233 e. The largest absolute Gasteiger partial charge is 0.358 e. The fourth-order valence-corrected chi connectivity index (χ4v) is 3.84. The van der Waals surface area contributed by atoms with Gasteiger partial charge in [0.05, 0.1) is 29.2 Å². The molecule has 1 amide bonds. The first kappa shape index (κ1) is 17.7. The highest BCUT2D eigenvalue weighted by molar-refractivity contribution is 5.77. The van der Waals surface area contributed by atoms with Crippen molar-refractivity contribution in [3.05, 3.63) is 35.4 Å². The maximum absolute atomic E-state index is 11.8. The van der Waals surface area contributed by atoms with Crippen molar-refractivity contribution >= 4 is 11.6 Å². The molecule has 1 aliphatic rings. The average Bonchev–Trinajstić information content (AvgIpc) is 3.25. The van der Waals surface area contributed by atoms with Crippen molar-refractivity contribution < 1.29 is 9.32 Å². The van der Waals surface area contributed by atoms with E-state index in [2.05, 4.69) is 25.5 Å². The van der Waals surface area contributed by atoms with Crippen LogP contribution in [0.3, 0.4) is 0 Å². The van der Waals surface area contributed by atoms with E-state index < -0.39 is 0 Å². The zero-order chi connectivity index (χ0) is 19.0. The van der Waals surface area contributed by atoms with E-state index in [1.54, 1.807) is 7.05 Å². The van der Waals surface area contributed by atoms with Crippen molar-refractivity contribution in [2.24, 2.45) is 0 Å². The van der Waals surface area contributed by atoms with E-state index in [1.807, 2.05) is 36.7 Å². The van der Waals surface area contributed by atoms with Crippen LogP contribution in [0.5, 0.6) is 0 Å². The topological polar surface area (TPSA) is 88.6 Å². The van der Waals surface area contributed by atoms with Crippen molar-refractivity contribution in [3.8, 4) is 11.3 Å². The third kappa shape index (κ3) is 3.44. The lowest BCUT2D eigenvalue weighted by molar-refractivity contribution is -0.122. The van der Waals surface area contributed by atoms with Gasteiger partial charge in [-0.3, -0.25) is 9.69 Å². The number of amides is 1. The van der Waals surface area contributed by atoms with Crippen molar-refractivity contribution in [2.45, 2.75) is 32.6 Å². The molecule has 0 bridgehead atoms. The number of fused-ring (bicyclic) bond motifs is 1. The predicted octanol–water partition coefficient (Wildman–Crippen LogP) is 1.93. The Morgan fingerprint density at radius 1 is 1.33 bits per heavy atom. The van der Waals surface area contributed by atoms with Gasteiger partial charge < -0.3 is 9.84 Å². The number of aromatic nitrogens is 4. The van der Waals surface area contributed by atoms with Crippen LogP contribution in [0.2, 0.25) is 0 Å². The maximum Gasteiger partial charge on any atom is 0.233 e. The summed E-state index contributed by atoms with van der Waals surface area (Å²) in [5.74, 6) is 0.971. The molecule has 1 N–H and O–H groups in total. The summed E-state index contributed by atoms with van der Waals surface area (Å²) >= 11 is 0. The fraction of sp³-hybridized carbons (Fsp3) is 0.474. The number of rotatable bonds is 4. The van der Waals surface area contributed by atoms with Crippen LogP contribution >= 0.6 is 0 Å². The van der Waals surface area contributed by atoms with Crippen LogP contribution in [0.15, 0.2) is 22.9 Å². The summed E-state index contributed by atoms with van der Waals surface area (Å²) in [7, 11) is 1.67. The second kappa shape index (κ2) is 7.11. The summed E-state index contributed by atoms with van der Waals surface area (Å²) in [5, 5.41) is 11.4. The minimum atomic E-state index is 0.0385. The Morgan fingerprint density at radius 2 is 2.19 bits per heavy atom. The summed E-state index contributed by atoms with van der Waals surface area (Å²) in [6.45, 7) is 6.01. The number of piperidine rings is 1. The molecule has 4 heterocycles. The predicted molar refractivity (Wildman–Crippen MR) is 100 cm³/mol. The minimum Gasteiger partial charge on any atom is -0.358 e. The third-order valence-electron chi connectivity index (χ3n) is 5.07. The Bertz CT molecular complexity index is 976. The van der Waals surface area contributed by atoms with E-state index in [-0.39, 0.29) is 11.8 Å². The quantitative estimate of drug-likeness (QED) is 0.757. The van der Waals surface area contributed by atoms with Gasteiger partial charge >= 0.3 is 0 Å². The molecule has 0 unspecified atom stereocenters. The van der Waals surface area contributed by atoms with Gasteiger partial charge in [0, 0.05) is 37.8 Å². The number of nitrogens with one attached hydrogen (secondary N) is 1. The van der Waals surface area contributed by atoms with E-state index in [0.29, 0.717) is 12.3 Å². The molecule has 1 aliphatic heterocycles. The van der Waals surface area contributed by atoms with Crippen molar-refractivity contribution in [1.29, 1.82) is 0 Å². The SMILES string of the molecule is CNC(=O)CN1CCC[C@H](c2c(-c3cc(C)no3)cnc3cc(C)nn23)C1. The summed E-state index contributed by atoms with van der Waals surface area (Å²) < 4.78 is 7.46. The normalized spacial score (nSPS) is 18.1. The second-order valence-corrected chi connectivity index (χ2v) is 7.19. The lowest BCUT2D eigenvalue weighted by Crippen LogP contribution is -2.41. The van der Waals surface area contributed by atoms with E-state index >= 15 is 0 Å². The Balaban J connectivity index is 1.77. The number of carbonyl (C=O) groups is 1. The molecule has 3 aromatic heterocycles. The molecule has 0 aliphatic carbocycles. The van der Waals surface area contributed by atoms with E-state index in [1.165, 1.54) is 0 Å². The van der Waals surface area contributed by atoms with E-state index in [0.717, 1.165) is 54.2 Å². The molecule has 8 nitrogen and oxygen atoms in total. The van der Waals surface area contributed by atoms with E-state index in [9.17, 15) is 4.79 Å². The summed E-state index contributed by atoms with van der Waals surface area (Å²) in [5.41, 5.74) is 4.57. The van der Waals surface area contributed by atoms with Crippen LogP contribution in [-0.2, 0) is 4.79 Å². The van der Waals surface area contributed by atoms with E-state index in [4.69, 9.17) is 4.52 Å². The average molecular weight is 368 g/mol.